The second kappa shape index (κ2) is 9.87. The molecule has 0 saturated carbocycles. The molecule has 6 heteroatoms. The number of amides is 1. The molecule has 0 aliphatic rings. The van der Waals surface area contributed by atoms with Gasteiger partial charge in [-0.25, -0.2) is 0 Å². The quantitative estimate of drug-likeness (QED) is 0.700. The third-order valence-electron chi connectivity index (χ3n) is 3.89. The predicted molar refractivity (Wildman–Crippen MR) is 105 cm³/mol. The van der Waals surface area contributed by atoms with E-state index in [1.165, 1.54) is 12.7 Å². The highest BCUT2D eigenvalue weighted by Gasteiger charge is 2.19. The van der Waals surface area contributed by atoms with E-state index in [1.54, 1.807) is 18.2 Å². The van der Waals surface area contributed by atoms with Crippen molar-refractivity contribution in [3.05, 3.63) is 59.7 Å². The van der Waals surface area contributed by atoms with Crippen LogP contribution in [0.4, 0.5) is 5.69 Å². The molecule has 2 aromatic rings. The summed E-state index contributed by atoms with van der Waals surface area (Å²) >= 11 is 1.14. The van der Waals surface area contributed by atoms with Gasteiger partial charge in [-0.15, -0.1) is 11.8 Å². The Labute approximate surface area is 157 Å². The topological polar surface area (TPSA) is 75.6 Å². The fraction of sp³-hybridized carbons (Fsp3) is 0.300. The van der Waals surface area contributed by atoms with Crippen LogP contribution in [0.25, 0.3) is 0 Å². The van der Waals surface area contributed by atoms with Crippen LogP contribution in [0.5, 0.6) is 5.75 Å². The number of para-hydroxylation sites is 2. The predicted octanol–water partition coefficient (Wildman–Crippen LogP) is 3.76. The van der Waals surface area contributed by atoms with Gasteiger partial charge in [0.2, 0.25) is 5.91 Å². The molecule has 0 radical (unpaired) electrons. The van der Waals surface area contributed by atoms with Crippen molar-refractivity contribution in [2.24, 2.45) is 0 Å². The molecule has 2 rings (SSSR count). The number of benzene rings is 2. The van der Waals surface area contributed by atoms with Crippen molar-refractivity contribution in [1.82, 2.24) is 0 Å². The average molecular weight is 373 g/mol. The van der Waals surface area contributed by atoms with E-state index < -0.39 is 11.2 Å². The van der Waals surface area contributed by atoms with E-state index in [4.69, 9.17) is 4.74 Å². The van der Waals surface area contributed by atoms with Gasteiger partial charge in [0.25, 0.3) is 0 Å². The number of methoxy groups -OCH3 is 1. The molecule has 0 heterocycles. The maximum absolute atomic E-state index is 12.1. The molecule has 0 fully saturated rings. The molecule has 0 saturated heterocycles. The van der Waals surface area contributed by atoms with Gasteiger partial charge in [0.15, 0.2) is 0 Å². The maximum Gasteiger partial charge on any atom is 0.316 e. The van der Waals surface area contributed by atoms with Crippen molar-refractivity contribution < 1.29 is 19.4 Å². The summed E-state index contributed by atoms with van der Waals surface area (Å²) in [6.07, 6.45) is 1.14. The maximum atomic E-state index is 12.1. The first-order chi connectivity index (χ1) is 12.5. The number of carboxylic acid groups (broad SMARTS) is 1. The van der Waals surface area contributed by atoms with Crippen molar-refractivity contribution in [2.75, 3.05) is 18.2 Å². The van der Waals surface area contributed by atoms with Gasteiger partial charge in [0, 0.05) is 0 Å². The summed E-state index contributed by atoms with van der Waals surface area (Å²) in [5.74, 6) is -0.503. The summed E-state index contributed by atoms with van der Waals surface area (Å²) in [6, 6.07) is 15.2. The summed E-state index contributed by atoms with van der Waals surface area (Å²) < 4.78 is 5.19. The highest BCUT2D eigenvalue weighted by atomic mass is 32.2. The third-order valence-corrected chi connectivity index (χ3v) is 5.16. The van der Waals surface area contributed by atoms with Crippen molar-refractivity contribution >= 4 is 29.3 Å². The molecule has 0 spiro atoms. The van der Waals surface area contributed by atoms with Crippen molar-refractivity contribution in [3.63, 3.8) is 0 Å². The lowest BCUT2D eigenvalue weighted by Gasteiger charge is -2.13. The number of nitrogens with one attached hydrogen (secondary N) is 1. The molecule has 26 heavy (non-hydrogen) atoms. The van der Waals surface area contributed by atoms with Crippen LogP contribution in [0.3, 0.4) is 0 Å². The molecular formula is C20H23NO4S. The van der Waals surface area contributed by atoms with Crippen LogP contribution in [0.15, 0.2) is 48.5 Å². The van der Waals surface area contributed by atoms with E-state index in [2.05, 4.69) is 5.32 Å². The van der Waals surface area contributed by atoms with Crippen LogP contribution in [0, 0.1) is 6.92 Å². The van der Waals surface area contributed by atoms with E-state index >= 15 is 0 Å². The molecule has 0 aliphatic heterocycles. The Kier molecular flexibility index (Phi) is 7.53. The number of rotatable bonds is 9. The minimum atomic E-state index is -0.896. The van der Waals surface area contributed by atoms with Gasteiger partial charge >= 0.3 is 5.97 Å². The van der Waals surface area contributed by atoms with Gasteiger partial charge in [-0.3, -0.25) is 9.59 Å². The van der Waals surface area contributed by atoms with Gasteiger partial charge in [-0.05, 0) is 37.5 Å². The molecule has 0 aliphatic carbocycles. The molecule has 1 atom stereocenters. The summed E-state index contributed by atoms with van der Waals surface area (Å²) in [5.41, 5.74) is 2.85. The van der Waals surface area contributed by atoms with Gasteiger partial charge in [0.1, 0.15) is 11.0 Å². The summed E-state index contributed by atoms with van der Waals surface area (Å²) in [4.78, 5) is 23.6. The zero-order chi connectivity index (χ0) is 18.9. The molecule has 2 N–H and O–H groups in total. The fourth-order valence-electron chi connectivity index (χ4n) is 2.44. The Balaban J connectivity index is 1.86. The summed E-state index contributed by atoms with van der Waals surface area (Å²) in [5, 5.41) is 11.5. The molecule has 1 unspecified atom stereocenters. The third kappa shape index (κ3) is 6.11. The van der Waals surface area contributed by atoms with Crippen LogP contribution in [-0.4, -0.2) is 35.1 Å². The van der Waals surface area contributed by atoms with E-state index in [0.29, 0.717) is 24.3 Å². The number of aliphatic carboxylic acids is 1. The van der Waals surface area contributed by atoms with Gasteiger partial charge in [0.05, 0.1) is 18.6 Å². The lowest BCUT2D eigenvalue weighted by molar-refractivity contribution is -0.136. The minimum absolute atomic E-state index is 0.0723. The smallest absolute Gasteiger partial charge is 0.316 e. The summed E-state index contributed by atoms with van der Waals surface area (Å²) in [7, 11) is 1.53. The average Bonchev–Trinajstić information content (AvgIpc) is 2.63. The van der Waals surface area contributed by atoms with Crippen LogP contribution < -0.4 is 10.1 Å². The lowest BCUT2D eigenvalue weighted by atomic mass is 10.1. The number of carboxylic acids is 1. The minimum Gasteiger partial charge on any atom is -0.495 e. The Hall–Kier alpha value is -2.47. The van der Waals surface area contributed by atoms with Crippen molar-refractivity contribution in [1.29, 1.82) is 0 Å². The first kappa shape index (κ1) is 19.8. The van der Waals surface area contributed by atoms with Gasteiger partial charge in [-0.1, -0.05) is 42.0 Å². The zero-order valence-electron chi connectivity index (χ0n) is 14.9. The highest BCUT2D eigenvalue weighted by Crippen LogP contribution is 2.24. The standard InChI is InChI=1S/C20H23NO4S/c1-14-7-9-15(10-8-14)11-12-18(20(23)24)26-13-19(22)21-16-5-3-4-6-17(16)25-2/h3-10,18H,11-13H2,1-2H3,(H,21,22)(H,23,24). The van der Waals surface area contributed by atoms with Gasteiger partial charge in [-0.2, -0.15) is 0 Å². The number of hydrogen-bond donors (Lipinski definition) is 2. The summed E-state index contributed by atoms with van der Waals surface area (Å²) in [6.45, 7) is 2.01. The normalized spacial score (nSPS) is 11.6. The highest BCUT2D eigenvalue weighted by molar-refractivity contribution is 8.01. The van der Waals surface area contributed by atoms with Crippen LogP contribution in [0.1, 0.15) is 17.5 Å². The molecule has 2 aromatic carbocycles. The first-order valence-corrected chi connectivity index (χ1v) is 9.37. The van der Waals surface area contributed by atoms with E-state index in [1.807, 2.05) is 37.3 Å². The van der Waals surface area contributed by atoms with E-state index in [9.17, 15) is 14.7 Å². The number of ether oxygens (including phenoxy) is 1. The number of carbonyl (C=O) groups is 2. The molecule has 1 amide bonds. The second-order valence-corrected chi connectivity index (χ2v) is 7.10. The van der Waals surface area contributed by atoms with Crippen molar-refractivity contribution in [3.8, 4) is 5.75 Å². The number of hydrogen-bond acceptors (Lipinski definition) is 4. The van der Waals surface area contributed by atoms with Crippen LogP contribution in [-0.2, 0) is 16.0 Å². The Morgan fingerprint density at radius 1 is 1.15 bits per heavy atom. The van der Waals surface area contributed by atoms with Crippen LogP contribution in [0.2, 0.25) is 0 Å². The molecule has 0 bridgehead atoms. The number of aryl methyl sites for hydroxylation is 2. The van der Waals surface area contributed by atoms with E-state index in [-0.39, 0.29) is 11.7 Å². The number of carbonyl (C=O) groups excluding carboxylic acids is 1. The monoisotopic (exact) mass is 373 g/mol. The van der Waals surface area contributed by atoms with Gasteiger partial charge < -0.3 is 15.2 Å². The fourth-order valence-corrected chi connectivity index (χ4v) is 3.29. The Morgan fingerprint density at radius 3 is 2.50 bits per heavy atom. The second-order valence-electron chi connectivity index (χ2n) is 5.91. The molecule has 5 nitrogen and oxygen atoms in total. The SMILES string of the molecule is COc1ccccc1NC(=O)CSC(CCc1ccc(C)cc1)C(=O)O. The molecule has 138 valence electrons. The zero-order valence-corrected chi connectivity index (χ0v) is 15.7. The molecule has 0 aromatic heterocycles. The molecular weight excluding hydrogens is 350 g/mol. The lowest BCUT2D eigenvalue weighted by Crippen LogP contribution is -2.22. The number of anilines is 1. The Morgan fingerprint density at radius 2 is 1.85 bits per heavy atom. The largest absolute Gasteiger partial charge is 0.495 e. The first-order valence-electron chi connectivity index (χ1n) is 8.32. The van der Waals surface area contributed by atoms with Crippen molar-refractivity contribution in [2.45, 2.75) is 25.0 Å². The van der Waals surface area contributed by atoms with E-state index in [0.717, 1.165) is 17.3 Å². The van der Waals surface area contributed by atoms with Crippen LogP contribution >= 0.6 is 11.8 Å². The number of thioether (sulfide) groups is 1. The Bertz CT molecular complexity index is 746.